The molecule has 1 heteroatoms. The highest BCUT2D eigenvalue weighted by atomic mass is 14.9. The van der Waals surface area contributed by atoms with E-state index in [-0.39, 0.29) is 0 Å². The molecule has 1 aromatic rings. The zero-order valence-electron chi connectivity index (χ0n) is 10.3. The highest BCUT2D eigenvalue weighted by Gasteiger charge is 2.33. The van der Waals surface area contributed by atoms with Crippen LogP contribution in [0.2, 0.25) is 0 Å². The smallest absolute Gasteiger partial charge is 0.0326 e. The molecule has 0 amide bonds. The quantitative estimate of drug-likeness (QED) is 0.816. The number of aryl methyl sites for hydroxylation is 1. The first-order valence-electron chi connectivity index (χ1n) is 6.57. The fourth-order valence-corrected chi connectivity index (χ4v) is 3.03. The molecule has 1 fully saturated rings. The molecule has 3 unspecified atom stereocenters. The van der Waals surface area contributed by atoms with Gasteiger partial charge in [-0.15, -0.1) is 0 Å². The van der Waals surface area contributed by atoms with Gasteiger partial charge in [0.25, 0.3) is 0 Å². The Balaban J connectivity index is 1.69. The van der Waals surface area contributed by atoms with Crippen molar-refractivity contribution >= 4 is 0 Å². The summed E-state index contributed by atoms with van der Waals surface area (Å²) in [6.45, 7) is 5.82. The number of fused-ring (bicyclic) bond motifs is 1. The second kappa shape index (κ2) is 3.89. The molecule has 3 atom stereocenters. The monoisotopic (exact) mass is 215 g/mol. The van der Waals surface area contributed by atoms with Crippen molar-refractivity contribution in [3.8, 4) is 0 Å². The molecule has 3 rings (SSSR count). The second-order valence-corrected chi connectivity index (χ2v) is 5.62. The van der Waals surface area contributed by atoms with Crippen molar-refractivity contribution in [2.75, 3.05) is 6.54 Å². The van der Waals surface area contributed by atoms with E-state index in [0.717, 1.165) is 11.8 Å². The van der Waals surface area contributed by atoms with Crippen LogP contribution in [0.25, 0.3) is 0 Å². The molecular formula is C15H21N. The number of hydrogen-bond donors (Lipinski definition) is 1. The molecular weight excluding hydrogens is 194 g/mol. The molecule has 0 spiro atoms. The van der Waals surface area contributed by atoms with Crippen LogP contribution in [0.1, 0.15) is 42.5 Å². The van der Waals surface area contributed by atoms with Crippen molar-refractivity contribution in [2.24, 2.45) is 11.8 Å². The van der Waals surface area contributed by atoms with E-state index in [9.17, 15) is 0 Å². The minimum atomic E-state index is 0.627. The van der Waals surface area contributed by atoms with Gasteiger partial charge in [0.2, 0.25) is 0 Å². The molecule has 0 bridgehead atoms. The number of rotatable bonds is 3. The van der Waals surface area contributed by atoms with E-state index in [0.29, 0.717) is 6.04 Å². The Bertz CT molecular complexity index is 396. The van der Waals surface area contributed by atoms with Crippen molar-refractivity contribution in [2.45, 2.75) is 39.2 Å². The summed E-state index contributed by atoms with van der Waals surface area (Å²) in [5, 5.41) is 3.76. The van der Waals surface area contributed by atoms with Gasteiger partial charge in [0, 0.05) is 6.04 Å². The lowest BCUT2D eigenvalue weighted by Crippen LogP contribution is -2.22. The molecule has 1 nitrogen and oxygen atoms in total. The maximum Gasteiger partial charge on any atom is 0.0326 e. The Hall–Kier alpha value is -0.820. The zero-order chi connectivity index (χ0) is 11.1. The Labute approximate surface area is 98.3 Å². The van der Waals surface area contributed by atoms with E-state index in [4.69, 9.17) is 0 Å². The molecule has 0 heterocycles. The maximum absolute atomic E-state index is 3.76. The van der Waals surface area contributed by atoms with Crippen LogP contribution in [0.15, 0.2) is 18.2 Å². The summed E-state index contributed by atoms with van der Waals surface area (Å²) in [5.74, 6) is 1.92. The van der Waals surface area contributed by atoms with Gasteiger partial charge < -0.3 is 5.32 Å². The first kappa shape index (κ1) is 10.3. The maximum atomic E-state index is 3.76. The van der Waals surface area contributed by atoms with Crippen molar-refractivity contribution in [1.29, 1.82) is 0 Å². The molecule has 0 radical (unpaired) electrons. The number of nitrogens with one attached hydrogen (secondary N) is 1. The lowest BCUT2D eigenvalue weighted by molar-refractivity contribution is 0.502. The van der Waals surface area contributed by atoms with Crippen LogP contribution in [-0.2, 0) is 6.42 Å². The zero-order valence-corrected chi connectivity index (χ0v) is 10.3. The SMILES string of the molecule is Cc1cccc2c1CCC2NCC1CC1C. The predicted octanol–water partition coefficient (Wildman–Crippen LogP) is 3.23. The Morgan fingerprint density at radius 1 is 1.38 bits per heavy atom. The molecule has 0 saturated heterocycles. The van der Waals surface area contributed by atoms with E-state index in [1.807, 2.05) is 0 Å². The Morgan fingerprint density at radius 3 is 2.94 bits per heavy atom. The first-order chi connectivity index (χ1) is 7.75. The molecule has 86 valence electrons. The average molecular weight is 215 g/mol. The minimum absolute atomic E-state index is 0.627. The molecule has 1 aromatic carbocycles. The highest BCUT2D eigenvalue weighted by Crippen LogP contribution is 2.38. The molecule has 16 heavy (non-hydrogen) atoms. The van der Waals surface area contributed by atoms with Crippen molar-refractivity contribution in [3.63, 3.8) is 0 Å². The van der Waals surface area contributed by atoms with Gasteiger partial charge in [-0.05, 0) is 61.3 Å². The summed E-state index contributed by atoms with van der Waals surface area (Å²) in [7, 11) is 0. The van der Waals surface area contributed by atoms with Crippen molar-refractivity contribution < 1.29 is 0 Å². The Kier molecular flexibility index (Phi) is 2.51. The molecule has 2 aliphatic carbocycles. The average Bonchev–Trinajstić information content (AvgIpc) is 2.82. The van der Waals surface area contributed by atoms with Crippen LogP contribution in [-0.4, -0.2) is 6.54 Å². The van der Waals surface area contributed by atoms with Crippen molar-refractivity contribution in [3.05, 3.63) is 34.9 Å². The van der Waals surface area contributed by atoms with Crippen LogP contribution < -0.4 is 5.32 Å². The van der Waals surface area contributed by atoms with Crippen LogP contribution in [0.5, 0.6) is 0 Å². The van der Waals surface area contributed by atoms with Gasteiger partial charge in [0.05, 0.1) is 0 Å². The third kappa shape index (κ3) is 1.78. The predicted molar refractivity (Wildman–Crippen MR) is 67.5 cm³/mol. The molecule has 0 aromatic heterocycles. The molecule has 0 aliphatic heterocycles. The third-order valence-corrected chi connectivity index (χ3v) is 4.41. The van der Waals surface area contributed by atoms with E-state index < -0.39 is 0 Å². The topological polar surface area (TPSA) is 12.0 Å². The van der Waals surface area contributed by atoms with Gasteiger partial charge in [-0.1, -0.05) is 25.1 Å². The van der Waals surface area contributed by atoms with E-state index >= 15 is 0 Å². The fourth-order valence-electron chi connectivity index (χ4n) is 3.03. The molecule has 1 saturated carbocycles. The summed E-state index contributed by atoms with van der Waals surface area (Å²) in [6.07, 6.45) is 3.99. The lowest BCUT2D eigenvalue weighted by Gasteiger charge is -2.14. The summed E-state index contributed by atoms with van der Waals surface area (Å²) in [4.78, 5) is 0. The number of hydrogen-bond acceptors (Lipinski definition) is 1. The van der Waals surface area contributed by atoms with Crippen LogP contribution in [0.3, 0.4) is 0 Å². The summed E-state index contributed by atoms with van der Waals surface area (Å²) < 4.78 is 0. The van der Waals surface area contributed by atoms with Gasteiger partial charge in [-0.25, -0.2) is 0 Å². The molecule has 1 N–H and O–H groups in total. The van der Waals surface area contributed by atoms with Gasteiger partial charge in [0.15, 0.2) is 0 Å². The summed E-state index contributed by atoms with van der Waals surface area (Å²) >= 11 is 0. The lowest BCUT2D eigenvalue weighted by atomic mass is 10.0. The first-order valence-corrected chi connectivity index (χ1v) is 6.57. The normalized spacial score (nSPS) is 31.5. The summed E-state index contributed by atoms with van der Waals surface area (Å²) in [5.41, 5.74) is 4.64. The van der Waals surface area contributed by atoms with Gasteiger partial charge in [-0.3, -0.25) is 0 Å². The van der Waals surface area contributed by atoms with Crippen molar-refractivity contribution in [1.82, 2.24) is 5.32 Å². The molecule has 2 aliphatic rings. The van der Waals surface area contributed by atoms with Crippen LogP contribution >= 0.6 is 0 Å². The third-order valence-electron chi connectivity index (χ3n) is 4.41. The van der Waals surface area contributed by atoms with E-state index in [2.05, 4.69) is 37.4 Å². The number of benzene rings is 1. The van der Waals surface area contributed by atoms with Crippen LogP contribution in [0.4, 0.5) is 0 Å². The van der Waals surface area contributed by atoms with Gasteiger partial charge >= 0.3 is 0 Å². The minimum Gasteiger partial charge on any atom is -0.310 e. The fraction of sp³-hybridized carbons (Fsp3) is 0.600. The second-order valence-electron chi connectivity index (χ2n) is 5.62. The van der Waals surface area contributed by atoms with E-state index in [1.165, 1.54) is 31.4 Å². The van der Waals surface area contributed by atoms with Crippen LogP contribution in [0, 0.1) is 18.8 Å². The Morgan fingerprint density at radius 2 is 2.19 bits per heavy atom. The summed E-state index contributed by atoms with van der Waals surface area (Å²) in [6, 6.07) is 7.38. The van der Waals surface area contributed by atoms with E-state index in [1.54, 1.807) is 11.1 Å². The van der Waals surface area contributed by atoms with Gasteiger partial charge in [0.1, 0.15) is 0 Å². The van der Waals surface area contributed by atoms with Gasteiger partial charge in [-0.2, -0.15) is 0 Å². The standard InChI is InChI=1S/C15H21N/c1-10-4-3-5-14-13(10)6-7-15(14)16-9-12-8-11(12)2/h3-5,11-12,15-16H,6-9H2,1-2H3. The highest BCUT2D eigenvalue weighted by molar-refractivity contribution is 5.40. The largest absolute Gasteiger partial charge is 0.310 e.